The first kappa shape index (κ1) is 22.6. The monoisotopic (exact) mass is 458 g/mol. The first-order valence-corrected chi connectivity index (χ1v) is 12.4. The van der Waals surface area contributed by atoms with Crippen molar-refractivity contribution >= 4 is 15.9 Å². The highest BCUT2D eigenvalue weighted by Crippen LogP contribution is 2.33. The molecule has 32 heavy (non-hydrogen) atoms. The van der Waals surface area contributed by atoms with Crippen LogP contribution in [-0.4, -0.2) is 56.9 Å². The number of sulfonamides is 1. The van der Waals surface area contributed by atoms with Crippen LogP contribution >= 0.6 is 0 Å². The third kappa shape index (κ3) is 4.91. The summed E-state index contributed by atoms with van der Waals surface area (Å²) in [7, 11) is -0.393. The highest BCUT2D eigenvalue weighted by Gasteiger charge is 2.38. The van der Waals surface area contributed by atoms with E-state index in [2.05, 4.69) is 0 Å². The average molecular weight is 459 g/mol. The van der Waals surface area contributed by atoms with E-state index in [0.717, 1.165) is 24.2 Å². The molecule has 0 bridgehead atoms. The van der Waals surface area contributed by atoms with Crippen molar-refractivity contribution in [3.8, 4) is 11.5 Å². The highest BCUT2D eigenvalue weighted by atomic mass is 32.2. The summed E-state index contributed by atoms with van der Waals surface area (Å²) in [6.07, 6.45) is 3.15. The summed E-state index contributed by atoms with van der Waals surface area (Å²) >= 11 is 0. The maximum absolute atomic E-state index is 13.3. The zero-order chi connectivity index (χ0) is 22.7. The fraction of sp³-hybridized carbons (Fsp3) is 0.458. The smallest absolute Gasteiger partial charge is 0.243 e. The van der Waals surface area contributed by atoms with Gasteiger partial charge in [-0.2, -0.15) is 4.31 Å². The molecule has 0 unspecified atom stereocenters. The van der Waals surface area contributed by atoms with Crippen molar-refractivity contribution in [3.63, 3.8) is 0 Å². The van der Waals surface area contributed by atoms with E-state index in [-0.39, 0.29) is 16.7 Å². The van der Waals surface area contributed by atoms with Crippen molar-refractivity contribution < 1.29 is 22.7 Å². The van der Waals surface area contributed by atoms with E-state index >= 15 is 0 Å². The first-order chi connectivity index (χ1) is 15.4. The minimum absolute atomic E-state index is 0.142. The Labute approximate surface area is 190 Å². The SMILES string of the molecule is COc1ccc(CN(C(=O)C2CCN(S(=O)(=O)c3ccc(OC)cc3)CC2)C2CC2)cc1. The summed E-state index contributed by atoms with van der Waals surface area (Å²) < 4.78 is 37.8. The molecule has 7 nitrogen and oxygen atoms in total. The lowest BCUT2D eigenvalue weighted by Gasteiger charge is -2.34. The van der Waals surface area contributed by atoms with Crippen LogP contribution in [0.25, 0.3) is 0 Å². The van der Waals surface area contributed by atoms with Crippen LogP contribution in [0, 0.1) is 5.92 Å². The Balaban J connectivity index is 1.39. The zero-order valence-corrected chi connectivity index (χ0v) is 19.4. The van der Waals surface area contributed by atoms with Gasteiger partial charge in [0.2, 0.25) is 15.9 Å². The molecule has 0 atom stereocenters. The molecular formula is C24H30N2O5S. The molecule has 0 N–H and O–H groups in total. The molecule has 0 spiro atoms. The van der Waals surface area contributed by atoms with Crippen LogP contribution in [0.15, 0.2) is 53.4 Å². The van der Waals surface area contributed by atoms with Crippen molar-refractivity contribution in [1.29, 1.82) is 0 Å². The number of amides is 1. The van der Waals surface area contributed by atoms with Gasteiger partial charge in [-0.3, -0.25) is 4.79 Å². The number of nitrogens with zero attached hydrogens (tertiary/aromatic N) is 2. The topological polar surface area (TPSA) is 76.2 Å². The molecule has 1 aliphatic heterocycles. The molecule has 8 heteroatoms. The van der Waals surface area contributed by atoms with Gasteiger partial charge in [-0.15, -0.1) is 0 Å². The van der Waals surface area contributed by atoms with Gasteiger partial charge in [-0.1, -0.05) is 12.1 Å². The molecule has 2 aromatic carbocycles. The maximum atomic E-state index is 13.3. The highest BCUT2D eigenvalue weighted by molar-refractivity contribution is 7.89. The number of carbonyl (C=O) groups is 1. The predicted octanol–water partition coefficient (Wildman–Crippen LogP) is 3.30. The van der Waals surface area contributed by atoms with Gasteiger partial charge in [-0.25, -0.2) is 8.42 Å². The van der Waals surface area contributed by atoms with E-state index in [1.165, 1.54) is 4.31 Å². The fourth-order valence-corrected chi connectivity index (χ4v) is 5.64. The number of hydrogen-bond acceptors (Lipinski definition) is 5. The predicted molar refractivity (Wildman–Crippen MR) is 121 cm³/mol. The zero-order valence-electron chi connectivity index (χ0n) is 18.6. The van der Waals surface area contributed by atoms with E-state index in [1.54, 1.807) is 38.5 Å². The Morgan fingerprint density at radius 3 is 1.94 bits per heavy atom. The summed E-state index contributed by atoms with van der Waals surface area (Å²) in [6, 6.07) is 14.5. The summed E-state index contributed by atoms with van der Waals surface area (Å²) in [5.41, 5.74) is 1.07. The number of piperidine rings is 1. The van der Waals surface area contributed by atoms with Gasteiger partial charge in [0.15, 0.2) is 0 Å². The van der Waals surface area contributed by atoms with Gasteiger partial charge >= 0.3 is 0 Å². The van der Waals surface area contributed by atoms with Gasteiger partial charge in [0.1, 0.15) is 11.5 Å². The normalized spacial score (nSPS) is 17.7. The van der Waals surface area contributed by atoms with Crippen molar-refractivity contribution in [1.82, 2.24) is 9.21 Å². The van der Waals surface area contributed by atoms with Crippen molar-refractivity contribution in [2.75, 3.05) is 27.3 Å². The van der Waals surface area contributed by atoms with Crippen LogP contribution in [0.5, 0.6) is 11.5 Å². The van der Waals surface area contributed by atoms with Crippen LogP contribution < -0.4 is 9.47 Å². The minimum Gasteiger partial charge on any atom is -0.497 e. The first-order valence-electron chi connectivity index (χ1n) is 11.0. The molecule has 4 rings (SSSR count). The van der Waals surface area contributed by atoms with Crippen LogP contribution in [0.2, 0.25) is 0 Å². The third-order valence-electron chi connectivity index (χ3n) is 6.28. The molecule has 0 radical (unpaired) electrons. The lowest BCUT2D eigenvalue weighted by molar-refractivity contribution is -0.138. The van der Waals surface area contributed by atoms with Crippen molar-refractivity contribution in [2.45, 2.75) is 43.2 Å². The number of hydrogen-bond donors (Lipinski definition) is 0. The van der Waals surface area contributed by atoms with Gasteiger partial charge in [0.25, 0.3) is 0 Å². The lowest BCUT2D eigenvalue weighted by atomic mass is 9.96. The molecule has 1 saturated heterocycles. The second kappa shape index (κ2) is 9.50. The van der Waals surface area contributed by atoms with Gasteiger partial charge < -0.3 is 14.4 Å². The average Bonchev–Trinajstić information content (AvgIpc) is 3.68. The summed E-state index contributed by atoms with van der Waals surface area (Å²) in [6.45, 7) is 1.29. The number of rotatable bonds is 8. The van der Waals surface area contributed by atoms with Crippen molar-refractivity contribution in [2.24, 2.45) is 5.92 Å². The number of carbonyl (C=O) groups excluding carboxylic acids is 1. The Bertz CT molecular complexity index is 1030. The van der Waals surface area contributed by atoms with Gasteiger partial charge in [-0.05, 0) is 67.6 Å². The van der Waals surface area contributed by atoms with Crippen LogP contribution in [0.4, 0.5) is 0 Å². The quantitative estimate of drug-likeness (QED) is 0.607. The molecule has 1 aliphatic carbocycles. The van der Waals surface area contributed by atoms with E-state index in [4.69, 9.17) is 9.47 Å². The standard InChI is InChI=1S/C24H30N2O5S/c1-30-21-7-3-18(4-8-21)17-26(20-5-6-20)24(27)19-13-15-25(16-14-19)32(28,29)23-11-9-22(31-2)10-12-23/h3-4,7-12,19-20H,5-6,13-17H2,1-2H3. The Kier molecular flexibility index (Phi) is 6.71. The molecule has 172 valence electrons. The van der Waals surface area contributed by atoms with E-state index in [1.807, 2.05) is 29.2 Å². The number of methoxy groups -OCH3 is 2. The van der Waals surface area contributed by atoms with Crippen LogP contribution in [0.1, 0.15) is 31.2 Å². The largest absolute Gasteiger partial charge is 0.497 e. The summed E-state index contributed by atoms with van der Waals surface area (Å²) in [5, 5.41) is 0. The van der Waals surface area contributed by atoms with E-state index in [0.29, 0.717) is 44.3 Å². The fourth-order valence-electron chi connectivity index (χ4n) is 4.18. The van der Waals surface area contributed by atoms with Crippen molar-refractivity contribution in [3.05, 3.63) is 54.1 Å². The second-order valence-corrected chi connectivity index (χ2v) is 10.3. The molecule has 0 aromatic heterocycles. The molecule has 1 amide bonds. The summed E-state index contributed by atoms with van der Waals surface area (Å²) in [5.74, 6) is 1.41. The molecule has 2 aliphatic rings. The molecule has 1 saturated carbocycles. The number of benzene rings is 2. The summed E-state index contributed by atoms with van der Waals surface area (Å²) in [4.78, 5) is 15.6. The molecule has 1 heterocycles. The van der Waals surface area contributed by atoms with Gasteiger partial charge in [0.05, 0.1) is 19.1 Å². The lowest BCUT2D eigenvalue weighted by Crippen LogP contribution is -2.44. The number of ether oxygens (including phenoxy) is 2. The maximum Gasteiger partial charge on any atom is 0.243 e. The Morgan fingerprint density at radius 1 is 0.906 bits per heavy atom. The Hall–Kier alpha value is -2.58. The second-order valence-electron chi connectivity index (χ2n) is 8.40. The van der Waals surface area contributed by atoms with Crippen LogP contribution in [0.3, 0.4) is 0 Å². The van der Waals surface area contributed by atoms with E-state index < -0.39 is 10.0 Å². The molecular weight excluding hydrogens is 428 g/mol. The van der Waals surface area contributed by atoms with Gasteiger partial charge in [0, 0.05) is 31.6 Å². The molecule has 2 aromatic rings. The van der Waals surface area contributed by atoms with Crippen LogP contribution in [-0.2, 0) is 21.4 Å². The third-order valence-corrected chi connectivity index (χ3v) is 8.20. The van der Waals surface area contributed by atoms with E-state index in [9.17, 15) is 13.2 Å². The Morgan fingerprint density at radius 2 is 1.44 bits per heavy atom. The molecule has 2 fully saturated rings. The minimum atomic E-state index is -3.57.